The second kappa shape index (κ2) is 8.71. The van der Waals surface area contributed by atoms with Crippen molar-refractivity contribution in [2.24, 2.45) is 11.1 Å². The van der Waals surface area contributed by atoms with Crippen molar-refractivity contribution in [2.45, 2.75) is 58.3 Å². The molecule has 2 aromatic rings. The second-order valence-corrected chi connectivity index (χ2v) is 9.15. The number of hydrogen-bond donors (Lipinski definition) is 3. The van der Waals surface area contributed by atoms with Crippen molar-refractivity contribution in [3.8, 4) is 0 Å². The molecule has 0 spiro atoms. The lowest BCUT2D eigenvalue weighted by Gasteiger charge is -2.32. The van der Waals surface area contributed by atoms with Gasteiger partial charge in [-0.15, -0.1) is 0 Å². The van der Waals surface area contributed by atoms with Crippen LogP contribution in [-0.4, -0.2) is 46.7 Å². The molecule has 30 heavy (non-hydrogen) atoms. The van der Waals surface area contributed by atoms with Crippen LogP contribution in [0.15, 0.2) is 42.5 Å². The largest absolute Gasteiger partial charge is 0.348 e. The van der Waals surface area contributed by atoms with Gasteiger partial charge in [0.05, 0.1) is 18.6 Å². The van der Waals surface area contributed by atoms with Crippen LogP contribution in [-0.2, 0) is 14.5 Å². The Kier molecular flexibility index (Phi) is 6.45. The molecule has 0 bridgehead atoms. The van der Waals surface area contributed by atoms with E-state index in [1.807, 2.05) is 70.2 Å². The summed E-state index contributed by atoms with van der Waals surface area (Å²) in [6, 6.07) is 12.3. The summed E-state index contributed by atoms with van der Waals surface area (Å²) in [5.74, 6) is -0.606. The van der Waals surface area contributed by atoms with Crippen LogP contribution in [0.4, 0.5) is 0 Å². The number of benzene rings is 2. The number of nitrogens with two attached hydrogens (primary N) is 1. The topological polar surface area (TPSA) is 105 Å². The Morgan fingerprint density at radius 3 is 2.50 bits per heavy atom. The minimum Gasteiger partial charge on any atom is -0.348 e. The van der Waals surface area contributed by atoms with E-state index in [2.05, 4.69) is 10.2 Å². The number of likely N-dealkylation sites (tertiary alicyclic amines) is 1. The third-order valence-electron chi connectivity index (χ3n) is 5.83. The summed E-state index contributed by atoms with van der Waals surface area (Å²) >= 11 is 0. The number of rotatable bonds is 5. The minimum absolute atomic E-state index is 0.127. The number of carbonyl (C=O) groups is 2. The third kappa shape index (κ3) is 4.64. The van der Waals surface area contributed by atoms with E-state index in [0.29, 0.717) is 0 Å². The van der Waals surface area contributed by atoms with E-state index in [1.54, 1.807) is 0 Å². The Bertz CT molecular complexity index is 924. The van der Waals surface area contributed by atoms with Crippen LogP contribution in [0.2, 0.25) is 0 Å². The summed E-state index contributed by atoms with van der Waals surface area (Å²) in [5, 5.41) is 14.3. The number of nitrogens with one attached hydrogen (secondary N) is 1. The highest BCUT2D eigenvalue weighted by molar-refractivity contribution is 5.91. The molecule has 4 N–H and O–H groups in total. The SMILES string of the molecule is C[C@H](NC(=O)[C@@H]1C[C@@H](OO)CN1C(=O)[C@@H](N)C(C)(C)C)c1ccc2ccccc2c1. The zero-order valence-electron chi connectivity index (χ0n) is 18.0. The molecule has 0 radical (unpaired) electrons. The first kappa shape index (κ1) is 22.2. The molecule has 1 heterocycles. The smallest absolute Gasteiger partial charge is 0.243 e. The third-order valence-corrected chi connectivity index (χ3v) is 5.83. The van der Waals surface area contributed by atoms with Crippen LogP contribution in [0.3, 0.4) is 0 Å². The number of fused-ring (bicyclic) bond motifs is 1. The van der Waals surface area contributed by atoms with E-state index in [4.69, 9.17) is 11.0 Å². The monoisotopic (exact) mass is 413 g/mol. The molecule has 0 unspecified atom stereocenters. The summed E-state index contributed by atoms with van der Waals surface area (Å²) in [6.07, 6.45) is -0.400. The van der Waals surface area contributed by atoms with E-state index in [1.165, 1.54) is 4.90 Å². The van der Waals surface area contributed by atoms with E-state index in [0.717, 1.165) is 16.3 Å². The van der Waals surface area contributed by atoms with Crippen molar-refractivity contribution in [3.63, 3.8) is 0 Å². The van der Waals surface area contributed by atoms with Gasteiger partial charge in [-0.1, -0.05) is 57.2 Å². The predicted molar refractivity (Wildman–Crippen MR) is 116 cm³/mol. The van der Waals surface area contributed by atoms with Crippen molar-refractivity contribution in [3.05, 3.63) is 48.0 Å². The number of carbonyl (C=O) groups excluding carboxylic acids is 2. The van der Waals surface area contributed by atoms with Gasteiger partial charge in [0.25, 0.3) is 0 Å². The van der Waals surface area contributed by atoms with Crippen LogP contribution >= 0.6 is 0 Å². The quantitative estimate of drug-likeness (QED) is 0.516. The van der Waals surface area contributed by atoms with Crippen LogP contribution in [0.5, 0.6) is 0 Å². The molecule has 0 aliphatic carbocycles. The highest BCUT2D eigenvalue weighted by Crippen LogP contribution is 2.27. The van der Waals surface area contributed by atoms with Gasteiger partial charge >= 0.3 is 0 Å². The standard InChI is InChI=1S/C23H31N3O4/c1-14(16-10-9-15-7-5-6-8-17(15)11-16)25-21(27)19-12-18(30-29)13-26(19)22(28)20(24)23(2,3)4/h5-11,14,18-20,29H,12-13,24H2,1-4H3,(H,25,27)/t14-,18+,19-,20+/m0/s1. The number of nitrogens with zero attached hydrogens (tertiary/aromatic N) is 1. The van der Waals surface area contributed by atoms with Gasteiger partial charge in [0.15, 0.2) is 0 Å². The molecule has 1 aliphatic rings. The first-order valence-electron chi connectivity index (χ1n) is 10.3. The number of amides is 2. The maximum Gasteiger partial charge on any atom is 0.243 e. The summed E-state index contributed by atoms with van der Waals surface area (Å²) in [4.78, 5) is 31.9. The molecule has 3 rings (SSSR count). The van der Waals surface area contributed by atoms with Crippen molar-refractivity contribution in [2.75, 3.05) is 6.54 Å². The van der Waals surface area contributed by atoms with Crippen molar-refractivity contribution < 1.29 is 19.7 Å². The van der Waals surface area contributed by atoms with Crippen molar-refractivity contribution in [1.29, 1.82) is 0 Å². The van der Waals surface area contributed by atoms with Gasteiger partial charge in [0, 0.05) is 6.42 Å². The normalized spacial score (nSPS) is 21.5. The fraction of sp³-hybridized carbons (Fsp3) is 0.478. The zero-order valence-corrected chi connectivity index (χ0v) is 18.0. The van der Waals surface area contributed by atoms with Gasteiger partial charge in [-0.25, -0.2) is 4.89 Å². The average molecular weight is 414 g/mol. The van der Waals surface area contributed by atoms with Gasteiger partial charge in [-0.2, -0.15) is 0 Å². The Balaban J connectivity index is 1.76. The van der Waals surface area contributed by atoms with Crippen molar-refractivity contribution >= 4 is 22.6 Å². The second-order valence-electron chi connectivity index (χ2n) is 9.15. The average Bonchev–Trinajstić information content (AvgIpc) is 3.16. The Morgan fingerprint density at radius 1 is 1.20 bits per heavy atom. The van der Waals surface area contributed by atoms with E-state index in [-0.39, 0.29) is 30.8 Å². The molecule has 4 atom stereocenters. The molecule has 1 saturated heterocycles. The predicted octanol–water partition coefficient (Wildman–Crippen LogP) is 2.85. The minimum atomic E-state index is -0.761. The molecule has 1 fully saturated rings. The summed E-state index contributed by atoms with van der Waals surface area (Å²) in [6.45, 7) is 7.67. The van der Waals surface area contributed by atoms with E-state index in [9.17, 15) is 9.59 Å². The van der Waals surface area contributed by atoms with Gasteiger partial charge in [-0.05, 0) is 34.7 Å². The van der Waals surface area contributed by atoms with Crippen LogP contribution in [0.1, 0.15) is 45.7 Å². The molecule has 2 aromatic carbocycles. The lowest BCUT2D eigenvalue weighted by atomic mass is 9.86. The van der Waals surface area contributed by atoms with Gasteiger partial charge in [-0.3, -0.25) is 14.8 Å². The highest BCUT2D eigenvalue weighted by Gasteiger charge is 2.44. The number of hydrogen-bond acceptors (Lipinski definition) is 5. The molecule has 7 nitrogen and oxygen atoms in total. The maximum absolute atomic E-state index is 13.1. The molecule has 0 saturated carbocycles. The molecule has 1 aliphatic heterocycles. The van der Waals surface area contributed by atoms with Gasteiger partial charge < -0.3 is 16.0 Å². The zero-order chi connectivity index (χ0) is 22.1. The molecule has 162 valence electrons. The summed E-state index contributed by atoms with van der Waals surface area (Å²) < 4.78 is 0. The Hall–Kier alpha value is -2.48. The fourth-order valence-corrected chi connectivity index (χ4v) is 3.79. The van der Waals surface area contributed by atoms with Crippen LogP contribution in [0.25, 0.3) is 10.8 Å². The lowest BCUT2D eigenvalue weighted by molar-refractivity contribution is -0.274. The Morgan fingerprint density at radius 2 is 1.87 bits per heavy atom. The van der Waals surface area contributed by atoms with Crippen LogP contribution < -0.4 is 11.1 Å². The first-order valence-corrected chi connectivity index (χ1v) is 10.3. The van der Waals surface area contributed by atoms with Gasteiger partial charge in [0.2, 0.25) is 11.8 Å². The van der Waals surface area contributed by atoms with Crippen LogP contribution in [0, 0.1) is 5.41 Å². The maximum atomic E-state index is 13.1. The molecule has 2 amide bonds. The fourth-order valence-electron chi connectivity index (χ4n) is 3.79. The molecular formula is C23H31N3O4. The molecule has 0 aromatic heterocycles. The summed E-state index contributed by atoms with van der Waals surface area (Å²) in [5.41, 5.74) is 6.66. The van der Waals surface area contributed by atoms with E-state index < -0.39 is 23.6 Å². The molecule has 7 heteroatoms. The summed E-state index contributed by atoms with van der Waals surface area (Å²) in [7, 11) is 0. The first-order chi connectivity index (χ1) is 14.1. The highest BCUT2D eigenvalue weighted by atomic mass is 17.1. The molecular weight excluding hydrogens is 382 g/mol. The Labute approximate surface area is 177 Å². The van der Waals surface area contributed by atoms with Crippen molar-refractivity contribution in [1.82, 2.24) is 10.2 Å². The lowest BCUT2D eigenvalue weighted by Crippen LogP contribution is -2.55. The van der Waals surface area contributed by atoms with Gasteiger partial charge in [0.1, 0.15) is 12.1 Å². The van der Waals surface area contributed by atoms with E-state index >= 15 is 0 Å².